The molecule has 0 saturated carbocycles. The molecule has 0 aliphatic rings. The maximum Gasteiger partial charge on any atom is 0.266 e. The van der Waals surface area contributed by atoms with E-state index < -0.39 is 5.91 Å². The van der Waals surface area contributed by atoms with Crippen LogP contribution in [0.3, 0.4) is 0 Å². The van der Waals surface area contributed by atoms with E-state index in [9.17, 15) is 14.9 Å². The molecule has 0 bridgehead atoms. The van der Waals surface area contributed by atoms with E-state index in [1.54, 1.807) is 56.6 Å². The van der Waals surface area contributed by atoms with Gasteiger partial charge in [0.15, 0.2) is 11.5 Å². The zero-order chi connectivity index (χ0) is 21.4. The van der Waals surface area contributed by atoms with Gasteiger partial charge in [-0.25, -0.2) is 0 Å². The maximum atomic E-state index is 12.5. The molecule has 0 atom stereocenters. The number of carbonyl (C=O) groups is 2. The van der Waals surface area contributed by atoms with Gasteiger partial charge in [-0.15, -0.1) is 0 Å². The van der Waals surface area contributed by atoms with E-state index in [1.165, 1.54) is 18.1 Å². The molecule has 1 N–H and O–H groups in total. The Morgan fingerprint density at radius 2 is 1.83 bits per heavy atom. The minimum atomic E-state index is -0.549. The lowest BCUT2D eigenvalue weighted by atomic mass is 10.1. The molecule has 0 radical (unpaired) electrons. The van der Waals surface area contributed by atoms with Gasteiger partial charge in [0.05, 0.1) is 13.7 Å². The fourth-order valence-electron chi connectivity index (χ4n) is 2.52. The maximum absolute atomic E-state index is 12.5. The molecule has 0 spiro atoms. The van der Waals surface area contributed by atoms with Gasteiger partial charge in [0.1, 0.15) is 11.6 Å². The second kappa shape index (κ2) is 9.95. The Labute approximate surface area is 170 Å². The van der Waals surface area contributed by atoms with Gasteiger partial charge in [-0.1, -0.05) is 6.07 Å². The normalized spacial score (nSPS) is 10.7. The Hall–Kier alpha value is -3.79. The van der Waals surface area contributed by atoms with Gasteiger partial charge in [-0.2, -0.15) is 5.26 Å². The Morgan fingerprint density at radius 1 is 1.14 bits per heavy atom. The van der Waals surface area contributed by atoms with Gasteiger partial charge in [-0.05, 0) is 55.0 Å². The fraction of sp³-hybridized carbons (Fsp3) is 0.227. The largest absolute Gasteiger partial charge is 0.493 e. The van der Waals surface area contributed by atoms with Crippen LogP contribution in [0, 0.1) is 11.3 Å². The van der Waals surface area contributed by atoms with E-state index in [-0.39, 0.29) is 11.5 Å². The van der Waals surface area contributed by atoms with Crippen LogP contribution in [0.1, 0.15) is 22.8 Å². The number of amides is 2. The van der Waals surface area contributed by atoms with Crippen molar-refractivity contribution in [3.63, 3.8) is 0 Å². The molecule has 150 valence electrons. The summed E-state index contributed by atoms with van der Waals surface area (Å²) in [6.07, 6.45) is 1.47. The molecule has 2 amide bonds. The summed E-state index contributed by atoms with van der Waals surface area (Å²) in [7, 11) is 4.85. The Kier molecular flexibility index (Phi) is 7.38. The summed E-state index contributed by atoms with van der Waals surface area (Å²) in [5.41, 5.74) is 1.55. The van der Waals surface area contributed by atoms with Crippen LogP contribution in [0.5, 0.6) is 11.5 Å². The van der Waals surface area contributed by atoms with Gasteiger partial charge < -0.3 is 19.7 Å². The number of ether oxygens (including phenoxy) is 2. The first kappa shape index (κ1) is 21.5. The highest BCUT2D eigenvalue weighted by molar-refractivity contribution is 6.09. The molecule has 2 aromatic rings. The summed E-state index contributed by atoms with van der Waals surface area (Å²) in [6, 6.07) is 13.5. The molecule has 29 heavy (non-hydrogen) atoms. The van der Waals surface area contributed by atoms with Gasteiger partial charge >= 0.3 is 0 Å². The highest BCUT2D eigenvalue weighted by atomic mass is 16.5. The van der Waals surface area contributed by atoms with Gasteiger partial charge in [-0.3, -0.25) is 9.59 Å². The van der Waals surface area contributed by atoms with E-state index in [0.29, 0.717) is 34.9 Å². The molecule has 2 rings (SSSR count). The predicted molar refractivity (Wildman–Crippen MR) is 111 cm³/mol. The molecule has 0 heterocycles. The first-order valence-electron chi connectivity index (χ1n) is 8.95. The lowest BCUT2D eigenvalue weighted by molar-refractivity contribution is -0.112. The molecular formula is C22H23N3O4. The summed E-state index contributed by atoms with van der Waals surface area (Å²) < 4.78 is 10.8. The number of nitriles is 1. The zero-order valence-electron chi connectivity index (χ0n) is 16.9. The standard InChI is InChI=1S/C22H23N3O4/c1-5-29-19-11-6-15(13-20(19)28-4)12-17(14-23)21(26)24-18-9-7-16(8-10-18)22(27)25(2)3/h6-13H,5H2,1-4H3,(H,24,26)/b17-12+. The van der Waals surface area contributed by atoms with Crippen molar-refractivity contribution in [3.8, 4) is 17.6 Å². The Balaban J connectivity index is 2.18. The summed E-state index contributed by atoms with van der Waals surface area (Å²) in [4.78, 5) is 25.9. The number of hydrogen-bond acceptors (Lipinski definition) is 5. The average molecular weight is 393 g/mol. The van der Waals surface area contributed by atoms with E-state index in [4.69, 9.17) is 9.47 Å². The lowest BCUT2D eigenvalue weighted by Crippen LogP contribution is -2.21. The van der Waals surface area contributed by atoms with Crippen molar-refractivity contribution in [2.24, 2.45) is 0 Å². The Bertz CT molecular complexity index is 957. The average Bonchev–Trinajstić information content (AvgIpc) is 2.72. The number of methoxy groups -OCH3 is 1. The van der Waals surface area contributed by atoms with E-state index >= 15 is 0 Å². The van der Waals surface area contributed by atoms with Crippen molar-refractivity contribution in [3.05, 3.63) is 59.2 Å². The molecule has 7 heteroatoms. The second-order valence-electron chi connectivity index (χ2n) is 6.24. The van der Waals surface area contributed by atoms with Crippen LogP contribution in [0.15, 0.2) is 48.0 Å². The van der Waals surface area contributed by atoms with Crippen LogP contribution in [0.4, 0.5) is 5.69 Å². The minimum Gasteiger partial charge on any atom is -0.493 e. The smallest absolute Gasteiger partial charge is 0.266 e. The quantitative estimate of drug-likeness (QED) is 0.575. The molecule has 0 unspecified atom stereocenters. The van der Waals surface area contributed by atoms with Crippen LogP contribution < -0.4 is 14.8 Å². The third-order valence-electron chi connectivity index (χ3n) is 3.96. The SMILES string of the molecule is CCOc1ccc(/C=C(\C#N)C(=O)Nc2ccc(C(=O)N(C)C)cc2)cc1OC. The van der Waals surface area contributed by atoms with E-state index in [1.807, 2.05) is 13.0 Å². The van der Waals surface area contributed by atoms with Crippen molar-refractivity contribution in [1.29, 1.82) is 5.26 Å². The van der Waals surface area contributed by atoms with Crippen molar-refractivity contribution in [2.75, 3.05) is 33.1 Å². The van der Waals surface area contributed by atoms with E-state index in [0.717, 1.165) is 0 Å². The Morgan fingerprint density at radius 3 is 2.38 bits per heavy atom. The predicted octanol–water partition coefficient (Wildman–Crippen LogP) is 3.34. The molecular weight excluding hydrogens is 370 g/mol. The lowest BCUT2D eigenvalue weighted by Gasteiger charge is -2.11. The molecule has 0 aliphatic heterocycles. The van der Waals surface area contributed by atoms with E-state index in [2.05, 4.69) is 5.32 Å². The van der Waals surface area contributed by atoms with Gasteiger partial charge in [0.25, 0.3) is 11.8 Å². The summed E-state index contributed by atoms with van der Waals surface area (Å²) in [5.74, 6) is 0.416. The molecule has 0 fully saturated rings. The molecule has 0 aliphatic carbocycles. The van der Waals surface area contributed by atoms with Crippen molar-refractivity contribution < 1.29 is 19.1 Å². The zero-order valence-corrected chi connectivity index (χ0v) is 16.9. The van der Waals surface area contributed by atoms with Crippen LogP contribution in [-0.4, -0.2) is 44.5 Å². The summed E-state index contributed by atoms with van der Waals surface area (Å²) in [6.45, 7) is 2.37. The molecule has 2 aromatic carbocycles. The number of anilines is 1. The number of benzene rings is 2. The van der Waals surface area contributed by atoms with Crippen molar-refractivity contribution in [1.82, 2.24) is 4.90 Å². The number of rotatable bonds is 7. The fourth-order valence-corrected chi connectivity index (χ4v) is 2.52. The first-order chi connectivity index (χ1) is 13.9. The third-order valence-corrected chi connectivity index (χ3v) is 3.96. The summed E-state index contributed by atoms with van der Waals surface area (Å²) >= 11 is 0. The number of nitrogens with one attached hydrogen (secondary N) is 1. The second-order valence-corrected chi connectivity index (χ2v) is 6.24. The minimum absolute atomic E-state index is 0.0651. The highest BCUT2D eigenvalue weighted by Crippen LogP contribution is 2.29. The highest BCUT2D eigenvalue weighted by Gasteiger charge is 2.12. The third kappa shape index (κ3) is 5.59. The van der Waals surface area contributed by atoms with Crippen LogP contribution in [0.25, 0.3) is 6.08 Å². The van der Waals surface area contributed by atoms with Gasteiger partial charge in [0, 0.05) is 25.3 Å². The molecule has 0 aromatic heterocycles. The number of nitrogens with zero attached hydrogens (tertiary/aromatic N) is 2. The van der Waals surface area contributed by atoms with Crippen LogP contribution >= 0.6 is 0 Å². The first-order valence-corrected chi connectivity index (χ1v) is 8.95. The number of hydrogen-bond donors (Lipinski definition) is 1. The van der Waals surface area contributed by atoms with Crippen LogP contribution in [0.2, 0.25) is 0 Å². The molecule has 0 saturated heterocycles. The molecule has 7 nitrogen and oxygen atoms in total. The van der Waals surface area contributed by atoms with Crippen molar-refractivity contribution in [2.45, 2.75) is 6.92 Å². The number of carbonyl (C=O) groups excluding carboxylic acids is 2. The van der Waals surface area contributed by atoms with Gasteiger partial charge in [0.2, 0.25) is 0 Å². The van der Waals surface area contributed by atoms with Crippen molar-refractivity contribution >= 4 is 23.6 Å². The van der Waals surface area contributed by atoms with Crippen LogP contribution in [-0.2, 0) is 4.79 Å². The monoisotopic (exact) mass is 393 g/mol. The summed E-state index contributed by atoms with van der Waals surface area (Å²) in [5, 5.41) is 12.1. The topological polar surface area (TPSA) is 91.7 Å².